The fourth-order valence-electron chi connectivity index (χ4n) is 3.18. The Morgan fingerprint density at radius 3 is 1.96 bits per heavy atom. The molecule has 2 aromatic rings. The van der Waals surface area contributed by atoms with Gasteiger partial charge in [-0.1, -0.05) is 62.1 Å². The van der Waals surface area contributed by atoms with E-state index >= 15 is 0 Å². The molecule has 1 N–H and O–H groups in total. The molecule has 1 heterocycles. The summed E-state index contributed by atoms with van der Waals surface area (Å²) in [5.74, 6) is -0.364. The van der Waals surface area contributed by atoms with Crippen LogP contribution in [0, 0.1) is 0 Å². The van der Waals surface area contributed by atoms with Crippen molar-refractivity contribution in [1.82, 2.24) is 10.2 Å². The highest BCUT2D eigenvalue weighted by atomic mass is 28.3. The van der Waals surface area contributed by atoms with Gasteiger partial charge in [0, 0.05) is 12.6 Å². The maximum absolute atomic E-state index is 12.7. The lowest BCUT2D eigenvalue weighted by Gasteiger charge is -2.27. The maximum Gasteiger partial charge on any atom is 0.261 e. The summed E-state index contributed by atoms with van der Waals surface area (Å²) in [7, 11) is -1.29. The first-order chi connectivity index (χ1) is 12.3. The minimum absolute atomic E-state index is 0.0475. The number of carbonyl (C=O) groups excluding carboxylic acids is 2. The second kappa shape index (κ2) is 7.56. The Kier molecular flexibility index (Phi) is 5.39. The maximum atomic E-state index is 12.7. The van der Waals surface area contributed by atoms with Gasteiger partial charge in [0.05, 0.1) is 19.2 Å². The van der Waals surface area contributed by atoms with Crippen LogP contribution in [0.1, 0.15) is 26.3 Å². The molecule has 5 heteroatoms. The lowest BCUT2D eigenvalue weighted by atomic mass is 10.1. The van der Waals surface area contributed by atoms with Crippen molar-refractivity contribution >= 4 is 19.9 Å². The number of fused-ring (bicyclic) bond motifs is 1. The molecule has 3 rings (SSSR count). The molecule has 0 radical (unpaired) electrons. The monoisotopic (exact) mass is 366 g/mol. The first kappa shape index (κ1) is 18.5. The van der Waals surface area contributed by atoms with Gasteiger partial charge in [-0.25, -0.2) is 0 Å². The van der Waals surface area contributed by atoms with E-state index in [0.29, 0.717) is 17.7 Å². The number of rotatable bonds is 7. The summed E-state index contributed by atoms with van der Waals surface area (Å²) in [4.78, 5) is 26.8. The molecule has 2 aromatic carbocycles. The van der Waals surface area contributed by atoms with E-state index in [2.05, 4.69) is 37.1 Å². The van der Waals surface area contributed by atoms with Crippen molar-refractivity contribution in [3.05, 3.63) is 71.3 Å². The largest absolute Gasteiger partial charge is 0.315 e. The Labute approximate surface area is 156 Å². The van der Waals surface area contributed by atoms with Crippen molar-refractivity contribution < 1.29 is 9.59 Å². The molecule has 0 bridgehead atoms. The van der Waals surface area contributed by atoms with Gasteiger partial charge in [0.15, 0.2) is 0 Å². The van der Waals surface area contributed by atoms with Crippen molar-refractivity contribution in [3.63, 3.8) is 0 Å². The van der Waals surface area contributed by atoms with Gasteiger partial charge in [0.25, 0.3) is 11.8 Å². The zero-order valence-corrected chi connectivity index (χ0v) is 16.7. The quantitative estimate of drug-likeness (QED) is 0.604. The standard InChI is InChI=1S/C21H26N2O2Si/c1-26(2,3)15-22-17(13-16-9-5-4-6-10-16)14-23-20(24)18-11-7-8-12-19(18)21(23)25/h4-12,17,22H,13-15H2,1-3H3. The second-order valence-electron chi connectivity index (χ2n) is 8.09. The summed E-state index contributed by atoms with van der Waals surface area (Å²) >= 11 is 0. The number of amides is 2. The van der Waals surface area contributed by atoms with E-state index in [0.717, 1.165) is 12.6 Å². The molecule has 0 fully saturated rings. The van der Waals surface area contributed by atoms with E-state index in [1.54, 1.807) is 24.3 Å². The summed E-state index contributed by atoms with van der Waals surface area (Å²) in [6, 6.07) is 17.3. The molecule has 0 spiro atoms. The minimum atomic E-state index is -1.29. The average molecular weight is 367 g/mol. The van der Waals surface area contributed by atoms with Crippen LogP contribution in [-0.2, 0) is 6.42 Å². The summed E-state index contributed by atoms with van der Waals surface area (Å²) in [6.07, 6.45) is 1.74. The highest BCUT2D eigenvalue weighted by Crippen LogP contribution is 2.23. The molecule has 1 aliphatic heterocycles. The SMILES string of the molecule is C[Si](C)(C)CNC(Cc1ccccc1)CN1C(=O)c2ccccc2C1=O. The van der Waals surface area contributed by atoms with Gasteiger partial charge in [-0.2, -0.15) is 0 Å². The number of carbonyl (C=O) groups is 2. The highest BCUT2D eigenvalue weighted by Gasteiger charge is 2.36. The van der Waals surface area contributed by atoms with Crippen LogP contribution < -0.4 is 5.32 Å². The van der Waals surface area contributed by atoms with Gasteiger partial charge in [-0.15, -0.1) is 0 Å². The molecular weight excluding hydrogens is 340 g/mol. The van der Waals surface area contributed by atoms with E-state index < -0.39 is 8.07 Å². The summed E-state index contributed by atoms with van der Waals surface area (Å²) in [5.41, 5.74) is 2.24. The molecule has 4 nitrogen and oxygen atoms in total. The Balaban J connectivity index is 1.77. The van der Waals surface area contributed by atoms with Crippen molar-refractivity contribution in [2.75, 3.05) is 12.7 Å². The average Bonchev–Trinajstić information content (AvgIpc) is 2.85. The zero-order chi connectivity index (χ0) is 18.7. The van der Waals surface area contributed by atoms with Gasteiger partial charge in [0.2, 0.25) is 0 Å². The molecular formula is C21H26N2O2Si. The molecule has 136 valence electrons. The third kappa shape index (κ3) is 4.29. The van der Waals surface area contributed by atoms with Crippen molar-refractivity contribution in [3.8, 4) is 0 Å². The normalized spacial score (nSPS) is 15.3. The van der Waals surface area contributed by atoms with E-state index in [1.165, 1.54) is 10.5 Å². The molecule has 1 aliphatic rings. The molecule has 26 heavy (non-hydrogen) atoms. The second-order valence-corrected chi connectivity index (χ2v) is 13.6. The van der Waals surface area contributed by atoms with Gasteiger partial charge >= 0.3 is 0 Å². The van der Waals surface area contributed by atoms with Crippen molar-refractivity contribution in [2.45, 2.75) is 32.1 Å². The Hall–Kier alpha value is -2.24. The first-order valence-electron chi connectivity index (χ1n) is 9.08. The third-order valence-corrected chi connectivity index (χ3v) is 5.79. The number of hydrogen-bond donors (Lipinski definition) is 1. The predicted molar refractivity (Wildman–Crippen MR) is 107 cm³/mol. The third-order valence-electron chi connectivity index (χ3n) is 4.53. The van der Waals surface area contributed by atoms with Crippen LogP contribution >= 0.6 is 0 Å². The Morgan fingerprint density at radius 2 is 1.42 bits per heavy atom. The number of nitrogens with one attached hydrogen (secondary N) is 1. The van der Waals surface area contributed by atoms with E-state index in [4.69, 9.17) is 0 Å². The first-order valence-corrected chi connectivity index (χ1v) is 12.8. The number of benzene rings is 2. The molecule has 0 aromatic heterocycles. The topological polar surface area (TPSA) is 49.4 Å². The van der Waals surface area contributed by atoms with Crippen LogP contribution in [0.2, 0.25) is 19.6 Å². The summed E-state index contributed by atoms with van der Waals surface area (Å²) in [5, 5.41) is 3.62. The lowest BCUT2D eigenvalue weighted by Crippen LogP contribution is -2.49. The van der Waals surface area contributed by atoms with Gasteiger partial charge in [-0.05, 0) is 30.3 Å². The van der Waals surface area contributed by atoms with Crippen LogP contribution in [0.25, 0.3) is 0 Å². The molecule has 2 amide bonds. The molecule has 0 saturated carbocycles. The molecule has 0 aliphatic carbocycles. The Morgan fingerprint density at radius 1 is 0.885 bits per heavy atom. The van der Waals surface area contributed by atoms with Crippen molar-refractivity contribution in [2.24, 2.45) is 0 Å². The van der Waals surface area contributed by atoms with E-state index in [1.807, 2.05) is 18.2 Å². The van der Waals surface area contributed by atoms with Gasteiger partial charge < -0.3 is 5.32 Å². The van der Waals surface area contributed by atoms with Crippen LogP contribution in [0.3, 0.4) is 0 Å². The highest BCUT2D eigenvalue weighted by molar-refractivity contribution is 6.76. The molecule has 1 unspecified atom stereocenters. The smallest absolute Gasteiger partial charge is 0.261 e. The number of nitrogens with zero attached hydrogens (tertiary/aromatic N) is 1. The van der Waals surface area contributed by atoms with Gasteiger partial charge in [0.1, 0.15) is 0 Å². The summed E-state index contributed by atoms with van der Waals surface area (Å²) < 4.78 is 0. The lowest BCUT2D eigenvalue weighted by molar-refractivity contribution is 0.0639. The predicted octanol–water partition coefficient (Wildman–Crippen LogP) is 3.36. The fourth-order valence-corrected chi connectivity index (χ4v) is 4.08. The molecule has 1 atom stereocenters. The summed E-state index contributed by atoms with van der Waals surface area (Å²) in [6.45, 7) is 7.32. The van der Waals surface area contributed by atoms with Crippen LogP contribution in [0.5, 0.6) is 0 Å². The Bertz CT molecular complexity index is 764. The van der Waals surface area contributed by atoms with Crippen molar-refractivity contribution in [1.29, 1.82) is 0 Å². The molecule has 0 saturated heterocycles. The minimum Gasteiger partial charge on any atom is -0.315 e. The van der Waals surface area contributed by atoms with Gasteiger partial charge in [-0.3, -0.25) is 14.5 Å². The van der Waals surface area contributed by atoms with E-state index in [-0.39, 0.29) is 17.9 Å². The van der Waals surface area contributed by atoms with Crippen LogP contribution in [0.15, 0.2) is 54.6 Å². The zero-order valence-electron chi connectivity index (χ0n) is 15.7. The van der Waals surface area contributed by atoms with Crippen LogP contribution in [0.4, 0.5) is 0 Å². The number of imide groups is 1. The van der Waals surface area contributed by atoms with E-state index in [9.17, 15) is 9.59 Å². The fraction of sp³-hybridized carbons (Fsp3) is 0.333. The number of hydrogen-bond acceptors (Lipinski definition) is 3. The van der Waals surface area contributed by atoms with Crippen LogP contribution in [-0.4, -0.2) is 43.5 Å².